The van der Waals surface area contributed by atoms with Gasteiger partial charge in [0.1, 0.15) is 6.04 Å². The molecule has 0 aliphatic carbocycles. The molecule has 8 heteroatoms. The first kappa shape index (κ1) is 16.4. The van der Waals surface area contributed by atoms with E-state index >= 15 is 0 Å². The van der Waals surface area contributed by atoms with Crippen LogP contribution in [-0.2, 0) is 20.9 Å². The Morgan fingerprint density at radius 1 is 1.38 bits per heavy atom. The van der Waals surface area contributed by atoms with Gasteiger partial charge in [0.05, 0.1) is 5.69 Å². The monoisotopic (exact) mass is 295 g/mol. The van der Waals surface area contributed by atoms with Gasteiger partial charge < -0.3 is 20.7 Å². The predicted molar refractivity (Wildman–Crippen MR) is 72.4 cm³/mol. The van der Waals surface area contributed by atoms with Crippen molar-refractivity contribution < 1.29 is 24.3 Å². The fourth-order valence-electron chi connectivity index (χ4n) is 1.77. The number of carbonyl (C=O) groups excluding carboxylic acids is 3. The van der Waals surface area contributed by atoms with Crippen molar-refractivity contribution in [2.75, 3.05) is 0 Å². The summed E-state index contributed by atoms with van der Waals surface area (Å²) < 4.78 is 1.59. The molecule has 1 aromatic heterocycles. The number of aryl methyl sites for hydroxylation is 1. The van der Waals surface area contributed by atoms with Crippen LogP contribution in [0.25, 0.3) is 0 Å². The number of carboxylic acid groups (broad SMARTS) is 1. The maximum atomic E-state index is 11.7. The van der Waals surface area contributed by atoms with Gasteiger partial charge in [0.2, 0.25) is 11.8 Å². The normalized spacial score (nSPS) is 11.6. The van der Waals surface area contributed by atoms with Gasteiger partial charge in [-0.15, -0.1) is 0 Å². The van der Waals surface area contributed by atoms with Crippen molar-refractivity contribution >= 4 is 24.1 Å². The molecule has 2 amide bonds. The molecule has 1 rings (SSSR count). The van der Waals surface area contributed by atoms with Crippen LogP contribution in [0, 0.1) is 0 Å². The van der Waals surface area contributed by atoms with Crippen LogP contribution in [0.5, 0.6) is 0 Å². The molecule has 0 saturated heterocycles. The number of nitrogens with two attached hydrogens (primary N) is 1. The number of amides is 2. The molecule has 8 nitrogen and oxygen atoms in total. The Balaban J connectivity index is 2.48. The molecule has 1 unspecified atom stereocenters. The van der Waals surface area contributed by atoms with Gasteiger partial charge in [-0.3, -0.25) is 14.4 Å². The van der Waals surface area contributed by atoms with E-state index in [2.05, 4.69) is 5.32 Å². The van der Waals surface area contributed by atoms with Crippen molar-refractivity contribution in [3.8, 4) is 0 Å². The Morgan fingerprint density at radius 2 is 2.10 bits per heavy atom. The highest BCUT2D eigenvalue weighted by Gasteiger charge is 2.20. The Labute approximate surface area is 120 Å². The SMILES string of the molecule is NC(=O)CCC(NC(=O)CCn1cccc1C=O)C(=O)O. The Hall–Kier alpha value is -2.64. The highest BCUT2D eigenvalue weighted by Crippen LogP contribution is 2.02. The predicted octanol–water partition coefficient (Wildman–Crippen LogP) is -0.474. The first-order chi connectivity index (χ1) is 9.93. The number of aromatic nitrogens is 1. The lowest BCUT2D eigenvalue weighted by molar-refractivity contribution is -0.142. The molecule has 114 valence electrons. The number of rotatable bonds is 9. The molecule has 0 spiro atoms. The lowest BCUT2D eigenvalue weighted by Crippen LogP contribution is -2.41. The highest BCUT2D eigenvalue weighted by atomic mass is 16.4. The zero-order valence-corrected chi connectivity index (χ0v) is 11.3. The van der Waals surface area contributed by atoms with Crippen LogP contribution in [0.3, 0.4) is 0 Å². The molecular weight excluding hydrogens is 278 g/mol. The fourth-order valence-corrected chi connectivity index (χ4v) is 1.77. The molecule has 0 radical (unpaired) electrons. The Bertz CT molecular complexity index is 538. The second-order valence-electron chi connectivity index (χ2n) is 4.46. The largest absolute Gasteiger partial charge is 0.480 e. The molecule has 0 aliphatic heterocycles. The molecule has 0 saturated carbocycles. The lowest BCUT2D eigenvalue weighted by atomic mass is 10.1. The molecule has 1 aromatic rings. The second kappa shape index (κ2) is 7.83. The van der Waals surface area contributed by atoms with Crippen molar-refractivity contribution in [1.29, 1.82) is 0 Å². The van der Waals surface area contributed by atoms with Crippen molar-refractivity contribution in [3.63, 3.8) is 0 Å². The standard InChI is InChI=1S/C13H17N3O5/c14-11(18)4-3-10(13(20)21)15-12(19)5-7-16-6-1-2-9(16)8-17/h1-2,6,8,10H,3-5,7H2,(H2,14,18)(H,15,19)(H,20,21). The van der Waals surface area contributed by atoms with Gasteiger partial charge in [-0.1, -0.05) is 0 Å². The summed E-state index contributed by atoms with van der Waals surface area (Å²) in [6, 6.07) is 2.13. The number of nitrogens with one attached hydrogen (secondary N) is 1. The quantitative estimate of drug-likeness (QED) is 0.530. The highest BCUT2D eigenvalue weighted by molar-refractivity contribution is 5.84. The summed E-state index contributed by atoms with van der Waals surface area (Å²) in [4.78, 5) is 44.0. The van der Waals surface area contributed by atoms with Gasteiger partial charge in [0.25, 0.3) is 0 Å². The van der Waals surface area contributed by atoms with Gasteiger partial charge in [-0.25, -0.2) is 4.79 Å². The van der Waals surface area contributed by atoms with Crippen molar-refractivity contribution in [1.82, 2.24) is 9.88 Å². The van der Waals surface area contributed by atoms with E-state index in [-0.39, 0.29) is 25.8 Å². The third-order valence-electron chi connectivity index (χ3n) is 2.88. The van der Waals surface area contributed by atoms with Crippen molar-refractivity contribution in [2.45, 2.75) is 31.8 Å². The Kier molecular flexibility index (Phi) is 6.12. The smallest absolute Gasteiger partial charge is 0.326 e. The number of primary amides is 1. The van der Waals surface area contributed by atoms with Crippen molar-refractivity contribution in [2.24, 2.45) is 5.73 Å². The van der Waals surface area contributed by atoms with E-state index in [1.54, 1.807) is 22.9 Å². The summed E-state index contributed by atoms with van der Waals surface area (Å²) >= 11 is 0. The van der Waals surface area contributed by atoms with Crippen molar-refractivity contribution in [3.05, 3.63) is 24.0 Å². The number of carbonyl (C=O) groups is 4. The van der Waals surface area contributed by atoms with Crippen LogP contribution in [0.2, 0.25) is 0 Å². The topological polar surface area (TPSA) is 131 Å². The van der Waals surface area contributed by atoms with E-state index in [1.165, 1.54) is 0 Å². The number of hydrogen-bond donors (Lipinski definition) is 3. The zero-order valence-electron chi connectivity index (χ0n) is 11.3. The second-order valence-corrected chi connectivity index (χ2v) is 4.46. The van der Waals surface area contributed by atoms with E-state index in [0.717, 1.165) is 0 Å². The molecule has 1 atom stereocenters. The van der Waals surface area contributed by atoms with E-state index < -0.39 is 23.8 Å². The molecule has 0 aromatic carbocycles. The molecular formula is C13H17N3O5. The number of hydrogen-bond acceptors (Lipinski definition) is 4. The number of carboxylic acids is 1. The molecule has 4 N–H and O–H groups in total. The van der Waals surface area contributed by atoms with E-state index in [1.807, 2.05) is 0 Å². The van der Waals surface area contributed by atoms with Crippen LogP contribution in [0.1, 0.15) is 29.8 Å². The lowest BCUT2D eigenvalue weighted by Gasteiger charge is -2.14. The minimum Gasteiger partial charge on any atom is -0.480 e. The maximum absolute atomic E-state index is 11.7. The van der Waals surface area contributed by atoms with E-state index in [9.17, 15) is 19.2 Å². The summed E-state index contributed by atoms with van der Waals surface area (Å²) in [5.41, 5.74) is 5.38. The molecule has 0 aliphatic rings. The maximum Gasteiger partial charge on any atom is 0.326 e. The number of nitrogens with zero attached hydrogens (tertiary/aromatic N) is 1. The zero-order chi connectivity index (χ0) is 15.8. The fraction of sp³-hybridized carbons (Fsp3) is 0.385. The average molecular weight is 295 g/mol. The summed E-state index contributed by atoms with van der Waals surface area (Å²) in [5.74, 6) is -2.32. The summed E-state index contributed by atoms with van der Waals surface area (Å²) in [5, 5.41) is 11.3. The Morgan fingerprint density at radius 3 is 2.67 bits per heavy atom. The molecule has 0 fully saturated rings. The van der Waals surface area contributed by atoms with Crippen LogP contribution in [0.15, 0.2) is 18.3 Å². The van der Waals surface area contributed by atoms with Crippen LogP contribution in [0.4, 0.5) is 0 Å². The van der Waals surface area contributed by atoms with Crippen LogP contribution in [-0.4, -0.2) is 39.8 Å². The summed E-state index contributed by atoms with van der Waals surface area (Å²) in [6.07, 6.45) is 2.17. The van der Waals surface area contributed by atoms with E-state index in [0.29, 0.717) is 12.0 Å². The first-order valence-corrected chi connectivity index (χ1v) is 6.35. The van der Waals surface area contributed by atoms with Gasteiger partial charge >= 0.3 is 5.97 Å². The molecule has 21 heavy (non-hydrogen) atoms. The van der Waals surface area contributed by atoms with Gasteiger partial charge in [-0.2, -0.15) is 0 Å². The number of aliphatic carboxylic acids is 1. The van der Waals surface area contributed by atoms with Crippen LogP contribution < -0.4 is 11.1 Å². The number of aldehydes is 1. The molecule has 0 bridgehead atoms. The van der Waals surface area contributed by atoms with Gasteiger partial charge in [0.15, 0.2) is 6.29 Å². The van der Waals surface area contributed by atoms with Gasteiger partial charge in [-0.05, 0) is 18.6 Å². The summed E-state index contributed by atoms with van der Waals surface area (Å²) in [7, 11) is 0. The minimum absolute atomic E-state index is 0.0237. The minimum atomic E-state index is -1.22. The van der Waals surface area contributed by atoms with Crippen LogP contribution >= 0.6 is 0 Å². The average Bonchev–Trinajstić information content (AvgIpc) is 2.88. The third kappa shape index (κ3) is 5.47. The third-order valence-corrected chi connectivity index (χ3v) is 2.88. The summed E-state index contributed by atoms with van der Waals surface area (Å²) in [6.45, 7) is 0.259. The first-order valence-electron chi connectivity index (χ1n) is 6.35. The van der Waals surface area contributed by atoms with E-state index in [4.69, 9.17) is 10.8 Å². The van der Waals surface area contributed by atoms with Gasteiger partial charge in [0, 0.05) is 25.6 Å². The molecule has 1 heterocycles.